The fourth-order valence-electron chi connectivity index (χ4n) is 3.35. The summed E-state index contributed by atoms with van der Waals surface area (Å²) >= 11 is 0. The van der Waals surface area contributed by atoms with Gasteiger partial charge in [0.25, 0.3) is 5.56 Å². The quantitative estimate of drug-likeness (QED) is 0.815. The van der Waals surface area contributed by atoms with Gasteiger partial charge in [0, 0.05) is 43.5 Å². The molecule has 2 N–H and O–H groups in total. The number of aliphatic hydroxyl groups is 1. The van der Waals surface area contributed by atoms with Gasteiger partial charge in [-0.05, 0) is 31.7 Å². The smallest absolute Gasteiger partial charge is 0.250 e. The molecule has 1 amide bonds. The minimum absolute atomic E-state index is 0.0984. The number of rotatable bonds is 6. The number of amides is 1. The molecule has 0 radical (unpaired) electrons. The second kappa shape index (κ2) is 7.23. The first-order chi connectivity index (χ1) is 11.9. The molecule has 7 heteroatoms. The fourth-order valence-corrected chi connectivity index (χ4v) is 3.35. The zero-order valence-electron chi connectivity index (χ0n) is 14.6. The molecule has 134 valence electrons. The van der Waals surface area contributed by atoms with E-state index in [2.05, 4.69) is 10.4 Å². The lowest BCUT2D eigenvalue weighted by atomic mass is 9.75. The fraction of sp³-hybridized carbons (Fsp3) is 0.500. The molecule has 1 fully saturated rings. The van der Waals surface area contributed by atoms with Gasteiger partial charge in [-0.3, -0.25) is 14.3 Å². The first-order valence-corrected chi connectivity index (χ1v) is 8.56. The van der Waals surface area contributed by atoms with Gasteiger partial charge in [0.15, 0.2) is 0 Å². The van der Waals surface area contributed by atoms with Crippen molar-refractivity contribution in [3.8, 4) is 0 Å². The zero-order chi connectivity index (χ0) is 18.0. The maximum atomic E-state index is 12.4. The molecule has 0 aliphatic heterocycles. The molecule has 1 unspecified atom stereocenters. The summed E-state index contributed by atoms with van der Waals surface area (Å²) in [5, 5.41) is 16.8. The minimum Gasteiger partial charge on any atom is -0.393 e. The summed E-state index contributed by atoms with van der Waals surface area (Å²) in [7, 11) is 1.84. The van der Waals surface area contributed by atoms with Crippen LogP contribution < -0.4 is 10.9 Å². The highest BCUT2D eigenvalue weighted by molar-refractivity contribution is 5.76. The molecule has 0 spiro atoms. The Balaban J connectivity index is 1.65. The third kappa shape index (κ3) is 3.99. The molecule has 2 aromatic heterocycles. The van der Waals surface area contributed by atoms with E-state index in [1.165, 1.54) is 6.07 Å². The first-order valence-electron chi connectivity index (χ1n) is 8.56. The van der Waals surface area contributed by atoms with Crippen LogP contribution in [0.1, 0.15) is 36.6 Å². The zero-order valence-corrected chi connectivity index (χ0v) is 14.6. The van der Waals surface area contributed by atoms with Crippen LogP contribution in [0.4, 0.5) is 0 Å². The van der Waals surface area contributed by atoms with Crippen LogP contribution in [0.5, 0.6) is 0 Å². The number of carbonyl (C=O) groups is 1. The van der Waals surface area contributed by atoms with Crippen molar-refractivity contribution in [1.29, 1.82) is 0 Å². The van der Waals surface area contributed by atoms with Crippen LogP contribution in [-0.4, -0.2) is 31.5 Å². The van der Waals surface area contributed by atoms with Crippen LogP contribution in [0.3, 0.4) is 0 Å². The van der Waals surface area contributed by atoms with Crippen molar-refractivity contribution in [3.63, 3.8) is 0 Å². The number of hydrogen-bond donors (Lipinski definition) is 2. The van der Waals surface area contributed by atoms with Crippen molar-refractivity contribution in [3.05, 3.63) is 52.2 Å². The molecule has 2 aromatic rings. The first kappa shape index (κ1) is 17.4. The van der Waals surface area contributed by atoms with Crippen LogP contribution >= 0.6 is 0 Å². The molecule has 1 aliphatic rings. The Labute approximate surface area is 146 Å². The van der Waals surface area contributed by atoms with Gasteiger partial charge >= 0.3 is 0 Å². The van der Waals surface area contributed by atoms with Crippen LogP contribution in [0.25, 0.3) is 0 Å². The van der Waals surface area contributed by atoms with Crippen LogP contribution in [0.15, 0.2) is 35.4 Å². The van der Waals surface area contributed by atoms with Gasteiger partial charge in [0.2, 0.25) is 5.91 Å². The normalized spacial score (nSPS) is 20.8. The molecular formula is C18H24N4O3. The van der Waals surface area contributed by atoms with E-state index in [1.807, 2.05) is 26.2 Å². The van der Waals surface area contributed by atoms with Crippen molar-refractivity contribution >= 4 is 5.91 Å². The number of nitrogens with zero attached hydrogens (tertiary/aromatic N) is 3. The van der Waals surface area contributed by atoms with E-state index in [0.29, 0.717) is 19.4 Å². The van der Waals surface area contributed by atoms with E-state index in [4.69, 9.17) is 0 Å². The maximum absolute atomic E-state index is 12.4. The summed E-state index contributed by atoms with van der Waals surface area (Å²) in [4.78, 5) is 24.3. The summed E-state index contributed by atoms with van der Waals surface area (Å²) < 4.78 is 3.31. The molecule has 1 saturated carbocycles. The number of nitrogens with one attached hydrogen (secondary N) is 1. The number of pyridine rings is 1. The Kier molecular flexibility index (Phi) is 5.03. The number of aromatic nitrogens is 3. The molecule has 0 saturated heterocycles. The molecule has 0 aromatic carbocycles. The Morgan fingerprint density at radius 1 is 1.44 bits per heavy atom. The second-order valence-electron chi connectivity index (χ2n) is 6.78. The minimum atomic E-state index is -0.286. The predicted molar refractivity (Wildman–Crippen MR) is 92.9 cm³/mol. The van der Waals surface area contributed by atoms with Gasteiger partial charge in [0.05, 0.1) is 18.3 Å². The summed E-state index contributed by atoms with van der Waals surface area (Å²) in [6, 6.07) is 4.92. The number of hydrogen-bond acceptors (Lipinski definition) is 4. The molecular weight excluding hydrogens is 320 g/mol. The topological polar surface area (TPSA) is 89.2 Å². The highest BCUT2D eigenvalue weighted by Crippen LogP contribution is 2.37. The van der Waals surface area contributed by atoms with Crippen LogP contribution in [0.2, 0.25) is 0 Å². The van der Waals surface area contributed by atoms with Crippen LogP contribution in [0, 0.1) is 12.8 Å². The lowest BCUT2D eigenvalue weighted by Crippen LogP contribution is -2.41. The largest absolute Gasteiger partial charge is 0.393 e. The second-order valence-corrected chi connectivity index (χ2v) is 6.78. The van der Waals surface area contributed by atoms with Gasteiger partial charge in [-0.2, -0.15) is 5.10 Å². The molecule has 2 heterocycles. The summed E-state index contributed by atoms with van der Waals surface area (Å²) in [6.45, 7) is 2.21. The Bertz CT molecular complexity index is 805. The number of carbonyl (C=O) groups excluding carboxylic acids is 1. The molecule has 0 bridgehead atoms. The lowest BCUT2D eigenvalue weighted by Gasteiger charge is -2.37. The summed E-state index contributed by atoms with van der Waals surface area (Å²) in [5.41, 5.74) is 1.69. The molecule has 1 aliphatic carbocycles. The van der Waals surface area contributed by atoms with E-state index in [9.17, 15) is 14.7 Å². The highest BCUT2D eigenvalue weighted by atomic mass is 16.3. The Morgan fingerprint density at radius 3 is 2.80 bits per heavy atom. The van der Waals surface area contributed by atoms with Gasteiger partial charge in [-0.1, -0.05) is 6.07 Å². The van der Waals surface area contributed by atoms with Gasteiger partial charge in [-0.15, -0.1) is 0 Å². The number of aryl methyl sites for hydroxylation is 2. The van der Waals surface area contributed by atoms with E-state index < -0.39 is 0 Å². The van der Waals surface area contributed by atoms with E-state index in [1.54, 1.807) is 21.5 Å². The highest BCUT2D eigenvalue weighted by Gasteiger charge is 2.36. The third-order valence-corrected chi connectivity index (χ3v) is 4.85. The molecule has 1 atom stereocenters. The lowest BCUT2D eigenvalue weighted by molar-refractivity contribution is -0.123. The SMILES string of the molecule is Cc1cccc(=O)n1CCC(=O)NC(c1cnn(C)c1)C1CC(O)C1. The molecule has 25 heavy (non-hydrogen) atoms. The van der Waals surface area contributed by atoms with Crippen molar-refractivity contribution < 1.29 is 9.90 Å². The van der Waals surface area contributed by atoms with Gasteiger partial charge in [0.1, 0.15) is 0 Å². The number of aliphatic hydroxyl groups excluding tert-OH is 1. The standard InChI is InChI=1S/C18H24N4O3/c1-12-4-3-5-17(25)22(12)7-6-16(24)20-18(13-8-15(23)9-13)14-10-19-21(2)11-14/h3-5,10-11,13,15,18,23H,6-9H2,1-2H3,(H,20,24). The van der Waals surface area contributed by atoms with Crippen molar-refractivity contribution in [1.82, 2.24) is 19.7 Å². The van der Waals surface area contributed by atoms with Gasteiger partial charge in [-0.25, -0.2) is 0 Å². The van der Waals surface area contributed by atoms with Crippen molar-refractivity contribution in [2.24, 2.45) is 13.0 Å². The average Bonchev–Trinajstić information content (AvgIpc) is 2.96. The third-order valence-electron chi connectivity index (χ3n) is 4.85. The Hall–Kier alpha value is -2.41. The summed E-state index contributed by atoms with van der Waals surface area (Å²) in [5.74, 6) is 0.106. The van der Waals surface area contributed by atoms with Crippen molar-refractivity contribution in [2.75, 3.05) is 0 Å². The van der Waals surface area contributed by atoms with Gasteiger partial charge < -0.3 is 15.0 Å². The van der Waals surface area contributed by atoms with Crippen molar-refractivity contribution in [2.45, 2.75) is 44.9 Å². The predicted octanol–water partition coefficient (Wildman–Crippen LogP) is 0.909. The Morgan fingerprint density at radius 2 is 2.20 bits per heavy atom. The average molecular weight is 344 g/mol. The van der Waals surface area contributed by atoms with E-state index in [-0.39, 0.29) is 36.0 Å². The molecule has 3 rings (SSSR count). The summed E-state index contributed by atoms with van der Waals surface area (Å²) in [6.07, 6.45) is 4.94. The van der Waals surface area contributed by atoms with E-state index >= 15 is 0 Å². The van der Waals surface area contributed by atoms with Crippen LogP contribution in [-0.2, 0) is 18.4 Å². The maximum Gasteiger partial charge on any atom is 0.250 e. The molecule has 7 nitrogen and oxygen atoms in total. The monoisotopic (exact) mass is 344 g/mol. The van der Waals surface area contributed by atoms with E-state index in [0.717, 1.165) is 11.3 Å².